The molecule has 0 N–H and O–H groups in total. The van der Waals surface area contributed by atoms with Gasteiger partial charge in [-0.15, -0.1) is 0 Å². The summed E-state index contributed by atoms with van der Waals surface area (Å²) in [6.07, 6.45) is 2.08. The van der Waals surface area contributed by atoms with E-state index in [9.17, 15) is 51.9 Å². The molecule has 72 heavy (non-hydrogen) atoms. The Labute approximate surface area is 422 Å². The molecule has 0 fully saturated rings. The summed E-state index contributed by atoms with van der Waals surface area (Å²) in [4.78, 5) is 0. The Hall–Kier alpha value is -5.08. The van der Waals surface area contributed by atoms with E-state index in [-0.39, 0.29) is 103 Å². The lowest BCUT2D eigenvalue weighted by Gasteiger charge is -2.23. The van der Waals surface area contributed by atoms with E-state index >= 15 is 0 Å². The Balaban J connectivity index is 1.71. The van der Waals surface area contributed by atoms with E-state index in [1.807, 2.05) is 24.3 Å². The Bertz CT molecular complexity index is 2540. The minimum atomic E-state index is -4.44. The lowest BCUT2D eigenvalue weighted by molar-refractivity contribution is 0.301. The molecule has 0 radical (unpaired) electrons. The van der Waals surface area contributed by atoms with Gasteiger partial charge < -0.3 is 56.1 Å². The minimum Gasteiger partial charge on any atom is -0.748 e. The highest BCUT2D eigenvalue weighted by atomic mass is 32.2. The van der Waals surface area contributed by atoms with Gasteiger partial charge in [-0.2, -0.15) is 0 Å². The van der Waals surface area contributed by atoms with Gasteiger partial charge in [0.1, 0.15) is 46.0 Å². The summed E-state index contributed by atoms with van der Waals surface area (Å²) in [7, 11) is -11.8. The van der Waals surface area contributed by atoms with Gasteiger partial charge >= 0.3 is 0 Å². The maximum atomic E-state index is 11.3. The fourth-order valence-corrected chi connectivity index (χ4v) is 10.3. The van der Waals surface area contributed by atoms with Crippen LogP contribution in [0.15, 0.2) is 48.5 Å². The van der Waals surface area contributed by atoms with Crippen molar-refractivity contribution in [2.75, 3.05) is 77.9 Å². The van der Waals surface area contributed by atoms with Gasteiger partial charge in [0.05, 0.1) is 95.3 Å². The smallest absolute Gasteiger partial charge is 0.126 e. The summed E-state index contributed by atoms with van der Waals surface area (Å²) in [6, 6.07) is 14.5. The van der Waals surface area contributed by atoms with Gasteiger partial charge in [-0.3, -0.25) is 0 Å². The molecule has 1 aliphatic carbocycles. The Kier molecular flexibility index (Phi) is 21.1. The minimum absolute atomic E-state index is 0.0607. The summed E-state index contributed by atoms with van der Waals surface area (Å²) in [5, 5.41) is 0. The number of hydrogen-bond acceptors (Lipinski definition) is 20. The van der Waals surface area contributed by atoms with Gasteiger partial charge in [-0.05, 0) is 120 Å². The van der Waals surface area contributed by atoms with Gasteiger partial charge in [0.25, 0.3) is 0 Å². The normalized spacial score (nSPS) is 13.0. The first-order valence-electron chi connectivity index (χ1n) is 23.0. The summed E-state index contributed by atoms with van der Waals surface area (Å²) in [5.74, 6) is 1.06. The number of fused-ring (bicyclic) bond motifs is 8. The molecule has 4 aromatic carbocycles. The second kappa shape index (κ2) is 26.2. The molecule has 0 spiro atoms. The number of ether oxygens (including phenoxy) is 8. The first-order chi connectivity index (χ1) is 34.0. The molecule has 0 atom stereocenters. The molecule has 0 saturated heterocycles. The number of benzene rings is 4. The van der Waals surface area contributed by atoms with Gasteiger partial charge in [0, 0.05) is 73.0 Å². The van der Waals surface area contributed by atoms with Crippen molar-refractivity contribution in [3.05, 3.63) is 93.0 Å². The van der Waals surface area contributed by atoms with Crippen LogP contribution in [0.2, 0.25) is 0 Å². The molecule has 24 heteroatoms. The fourth-order valence-electron chi connectivity index (χ4n) is 8.10. The number of rotatable bonds is 28. The van der Waals surface area contributed by atoms with E-state index < -0.39 is 63.5 Å². The summed E-state index contributed by atoms with van der Waals surface area (Å²) < 4.78 is 185. The van der Waals surface area contributed by atoms with Crippen molar-refractivity contribution in [3.8, 4) is 46.0 Å². The van der Waals surface area contributed by atoms with Crippen LogP contribution in [0.3, 0.4) is 0 Å². The van der Waals surface area contributed by atoms with Crippen molar-refractivity contribution in [2.24, 2.45) is 0 Å². The quantitative estimate of drug-likeness (QED) is 0.0458. The van der Waals surface area contributed by atoms with Crippen molar-refractivity contribution >= 4 is 40.5 Å². The van der Waals surface area contributed by atoms with E-state index in [1.54, 1.807) is 24.3 Å². The van der Waals surface area contributed by atoms with Gasteiger partial charge in [0.2, 0.25) is 0 Å². The first-order valence-corrected chi connectivity index (χ1v) is 29.3. The summed E-state index contributed by atoms with van der Waals surface area (Å²) in [6.45, 7) is 0.243. The maximum Gasteiger partial charge on any atom is 0.126 e. The first kappa shape index (κ1) is 57.8. The molecule has 8 bridgehead atoms. The second-order valence-corrected chi connectivity index (χ2v) is 23.2. The molecule has 4 aromatic rings. The highest BCUT2D eigenvalue weighted by Gasteiger charge is 2.23. The van der Waals surface area contributed by atoms with Crippen LogP contribution in [0.5, 0.6) is 46.0 Å². The lowest BCUT2D eigenvalue weighted by Crippen LogP contribution is -2.10. The Morgan fingerprint density at radius 3 is 0.653 bits per heavy atom. The van der Waals surface area contributed by atoms with Crippen LogP contribution in [-0.4, -0.2) is 130 Å². The largest absolute Gasteiger partial charge is 0.748 e. The molecule has 0 aliphatic heterocycles. The number of unbranched alkanes of at least 4 members (excludes halogenated alkanes) is 4. The zero-order valence-electron chi connectivity index (χ0n) is 40.6. The molecule has 0 unspecified atom stereocenters. The molecule has 1 aliphatic rings. The van der Waals surface area contributed by atoms with E-state index in [4.69, 9.17) is 37.9 Å². The van der Waals surface area contributed by atoms with Crippen LogP contribution in [0.1, 0.15) is 95.9 Å². The van der Waals surface area contributed by atoms with Crippen molar-refractivity contribution < 1.29 is 89.8 Å². The third-order valence-electron chi connectivity index (χ3n) is 11.6. The molecular weight excluding hydrogens is 1020 g/mol. The van der Waals surface area contributed by atoms with Crippen LogP contribution in [0, 0.1) is 0 Å². The van der Waals surface area contributed by atoms with E-state index in [0.29, 0.717) is 90.5 Å². The van der Waals surface area contributed by atoms with E-state index in [0.717, 1.165) is 0 Å². The molecule has 20 nitrogen and oxygen atoms in total. The monoisotopic (exact) mass is 1080 g/mol. The summed E-state index contributed by atoms with van der Waals surface area (Å²) in [5.41, 5.74) is 5.36. The summed E-state index contributed by atoms with van der Waals surface area (Å²) >= 11 is 0. The molecule has 400 valence electrons. The number of hydrogen-bond donors (Lipinski definition) is 0. The third kappa shape index (κ3) is 18.8. The predicted molar refractivity (Wildman–Crippen MR) is 260 cm³/mol. The van der Waals surface area contributed by atoms with Gasteiger partial charge in [-0.25, -0.2) is 33.7 Å². The molecule has 0 amide bonds. The topological polar surface area (TPSA) is 303 Å². The van der Waals surface area contributed by atoms with Gasteiger partial charge in [0.15, 0.2) is 0 Å². The maximum absolute atomic E-state index is 11.3. The zero-order valence-corrected chi connectivity index (χ0v) is 43.8. The fraction of sp³-hybridized carbons (Fsp3) is 0.500. The van der Waals surface area contributed by atoms with Crippen LogP contribution in [-0.2, 0) is 66.2 Å². The van der Waals surface area contributed by atoms with E-state index in [1.165, 1.54) is 28.4 Å². The Morgan fingerprint density at radius 2 is 0.486 bits per heavy atom. The molecule has 0 aromatic heterocycles. The lowest BCUT2D eigenvalue weighted by atomic mass is 9.91. The zero-order chi connectivity index (χ0) is 52.7. The molecule has 0 heterocycles. The van der Waals surface area contributed by atoms with Crippen LogP contribution in [0.25, 0.3) is 0 Å². The standard InChI is InChI=1S/C48H64O20S4/c1-61-41-29-45(65-13-5-9-17-69(49,50)51)37-21-33(41)25-38-22-34(42(62-2)30-46(38)66-14-6-10-18-70(52,53)54)27-40-24-36(44(64-4)32-48(40)68-16-8-12-20-72(58,59)60)28-39-23-35(26-37)43(63-3)31-47(39)67-15-7-11-19-71(55,56)57/h21-24,29-32H,5-20,25-28H2,1-4H3,(H,49,50,51)(H,52,53,54)(H,55,56,57)(H,58,59,60)/p-4. The number of methoxy groups -OCH3 is 4. The van der Waals surface area contributed by atoms with Crippen LogP contribution in [0.4, 0.5) is 0 Å². The third-order valence-corrected chi connectivity index (χ3v) is 14.7. The molecule has 0 saturated carbocycles. The molecule has 5 rings (SSSR count). The van der Waals surface area contributed by atoms with Crippen LogP contribution >= 0.6 is 0 Å². The van der Waals surface area contributed by atoms with Crippen molar-refractivity contribution in [2.45, 2.75) is 77.0 Å². The van der Waals surface area contributed by atoms with E-state index in [2.05, 4.69) is 0 Å². The second-order valence-electron chi connectivity index (χ2n) is 17.1. The van der Waals surface area contributed by atoms with Gasteiger partial charge in [-0.1, -0.05) is 0 Å². The average Bonchev–Trinajstić information content (AvgIpc) is 3.29. The highest BCUT2D eigenvalue weighted by Crippen LogP contribution is 2.42. The average molecular weight is 1090 g/mol. The van der Waals surface area contributed by atoms with Crippen molar-refractivity contribution in [1.29, 1.82) is 0 Å². The SMILES string of the molecule is COc1cc(OCCCCS(=O)(=O)[O-])c2cc1Cc1cc(c(OC)cc1OCCCCS(=O)(=O)[O-])Cc1cc(c(OC)cc1OCCCCS(=O)(=O)[O-])Cc1cc(c(OC)cc1OCCCCS(=O)(=O)[O-])C2. The van der Waals surface area contributed by atoms with Crippen molar-refractivity contribution in [1.82, 2.24) is 0 Å². The molecular formula is C48H60O20S4-4. The Morgan fingerprint density at radius 1 is 0.306 bits per heavy atom. The van der Waals surface area contributed by atoms with Crippen molar-refractivity contribution in [3.63, 3.8) is 0 Å². The highest BCUT2D eigenvalue weighted by molar-refractivity contribution is 7.86. The van der Waals surface area contributed by atoms with Crippen LogP contribution < -0.4 is 37.9 Å². The predicted octanol–water partition coefficient (Wildman–Crippen LogP) is 5.21.